The average molecular weight is 1400 g/mol. The molecule has 8 rings (SSSR count). The lowest BCUT2D eigenvalue weighted by molar-refractivity contribution is -0.401. The lowest BCUT2D eigenvalue weighted by atomic mass is 9.94. The first-order chi connectivity index (χ1) is 45.5. The SMILES string of the molecule is CO[C@@H]1[C@H](O)[C@@H](O[C@H]2[C@H](OC)[C@H](O)[C@@H](O[C@H]3[C@H](OC)[C@H](O)C(O)O[C@@H]3CO)O[C@@H]2CO)O[C@H](CO)[C@H]1O[C@H]1O[C@H](CO)[C@@H](O[C@H]2O[C@H](CO)[C@@H](O[C@H]3O[C@H](CO)[C@@H](O[C@H]4O[C@H](CO)[C@@H](O[C@H]5O[C@H](CO)[C@@H](O)[C@H](O)[C@@H]5O)[C@H](O)[C@@H]4O)[C@H](OC)[C@H]3O)[C@H](OC)[C@@H]2O)[C@H](OC)[C@@H]1O. The largest absolute Gasteiger partial charge is 0.394 e. The Morgan fingerprint density at radius 3 is 0.621 bits per heavy atom. The molecule has 8 aliphatic rings. The van der Waals surface area contributed by atoms with Crippen LogP contribution in [-0.4, -0.2) is 443 Å². The van der Waals surface area contributed by atoms with Gasteiger partial charge < -0.3 is 202 Å². The fraction of sp³-hybridized carbons (Fsp3) is 1.00. The zero-order valence-electron chi connectivity index (χ0n) is 52.3. The number of aliphatic hydroxyl groups excluding tert-OH is 20. The molecule has 95 heavy (non-hydrogen) atoms. The lowest BCUT2D eigenvalue weighted by Gasteiger charge is -2.51. The normalized spacial score (nSPS) is 51.0. The Balaban J connectivity index is 0.896. The number of rotatable bonds is 28. The van der Waals surface area contributed by atoms with Gasteiger partial charge in [-0.2, -0.15) is 0 Å². The van der Waals surface area contributed by atoms with Gasteiger partial charge in [-0.15, -0.1) is 0 Å². The Bertz CT molecular complexity index is 2240. The molecule has 41 heteroatoms. The summed E-state index contributed by atoms with van der Waals surface area (Å²) >= 11 is 0. The van der Waals surface area contributed by atoms with E-state index in [-0.39, 0.29) is 0 Å². The minimum atomic E-state index is -2.07. The smallest absolute Gasteiger partial charge is 0.187 e. The lowest BCUT2D eigenvalue weighted by Crippen LogP contribution is -2.69. The Morgan fingerprint density at radius 1 is 0.189 bits per heavy atom. The van der Waals surface area contributed by atoms with Crippen molar-refractivity contribution in [3.05, 3.63) is 0 Å². The van der Waals surface area contributed by atoms with Crippen molar-refractivity contribution in [2.24, 2.45) is 0 Å². The fourth-order valence-electron chi connectivity index (χ4n) is 13.0. The molecule has 0 aromatic heterocycles. The highest BCUT2D eigenvalue weighted by atomic mass is 16.8. The minimum absolute atomic E-state index is 0.738. The zero-order valence-corrected chi connectivity index (χ0v) is 52.3. The molecule has 0 aromatic rings. The molecular formula is C54H94O41. The van der Waals surface area contributed by atoms with Crippen molar-refractivity contribution < 1.29 is 202 Å². The number of hydrogen-bond acceptors (Lipinski definition) is 41. The van der Waals surface area contributed by atoms with Crippen LogP contribution in [0.15, 0.2) is 0 Å². The Kier molecular flexibility index (Phi) is 29.5. The van der Waals surface area contributed by atoms with Gasteiger partial charge >= 0.3 is 0 Å². The summed E-state index contributed by atoms with van der Waals surface area (Å²) in [5.41, 5.74) is 0. The van der Waals surface area contributed by atoms with Gasteiger partial charge in [0.25, 0.3) is 0 Å². The molecular weight excluding hydrogens is 1300 g/mol. The van der Waals surface area contributed by atoms with E-state index in [2.05, 4.69) is 0 Å². The molecule has 8 saturated heterocycles. The summed E-state index contributed by atoms with van der Waals surface area (Å²) in [4.78, 5) is 0. The molecule has 0 bridgehead atoms. The van der Waals surface area contributed by atoms with E-state index in [1.165, 1.54) is 14.2 Å². The Labute approximate surface area is 541 Å². The van der Waals surface area contributed by atoms with Gasteiger partial charge in [0.05, 0.1) is 52.9 Å². The van der Waals surface area contributed by atoms with Gasteiger partial charge in [0.15, 0.2) is 50.3 Å². The highest BCUT2D eigenvalue weighted by molar-refractivity contribution is 5.03. The molecule has 0 spiro atoms. The molecule has 8 fully saturated rings. The number of ether oxygens (including phenoxy) is 21. The maximum Gasteiger partial charge on any atom is 0.187 e. The Hall–Kier alpha value is -1.64. The van der Waals surface area contributed by atoms with Crippen molar-refractivity contribution >= 4 is 0 Å². The van der Waals surface area contributed by atoms with Gasteiger partial charge in [0.1, 0.15) is 195 Å². The van der Waals surface area contributed by atoms with Gasteiger partial charge in [-0.1, -0.05) is 0 Å². The van der Waals surface area contributed by atoms with Crippen LogP contribution in [0.5, 0.6) is 0 Å². The second kappa shape index (κ2) is 35.5. The van der Waals surface area contributed by atoms with Crippen molar-refractivity contribution in [1.82, 2.24) is 0 Å². The maximum absolute atomic E-state index is 11.9. The van der Waals surface area contributed by atoms with E-state index in [0.717, 1.165) is 28.4 Å². The molecule has 556 valence electrons. The highest BCUT2D eigenvalue weighted by Crippen LogP contribution is 2.40. The predicted octanol–water partition coefficient (Wildman–Crippen LogP) is -14.5. The van der Waals surface area contributed by atoms with E-state index in [1.54, 1.807) is 0 Å². The number of methoxy groups -OCH3 is 6. The topological polar surface area (TPSA) is 598 Å². The first kappa shape index (κ1) is 79.1. The maximum atomic E-state index is 11.9. The second-order valence-corrected chi connectivity index (χ2v) is 23.6. The molecule has 0 aromatic carbocycles. The minimum Gasteiger partial charge on any atom is -0.394 e. The van der Waals surface area contributed by atoms with Crippen molar-refractivity contribution in [2.45, 2.75) is 246 Å². The zero-order chi connectivity index (χ0) is 69.6. The highest BCUT2D eigenvalue weighted by Gasteiger charge is 2.60. The van der Waals surface area contributed by atoms with Gasteiger partial charge in [-0.05, 0) is 0 Å². The van der Waals surface area contributed by atoms with Crippen LogP contribution in [0, 0.1) is 0 Å². The Morgan fingerprint density at radius 2 is 0.379 bits per heavy atom. The first-order valence-electron chi connectivity index (χ1n) is 30.5. The van der Waals surface area contributed by atoms with Crippen molar-refractivity contribution in [3.63, 3.8) is 0 Å². The molecule has 1 unspecified atom stereocenters. The molecule has 0 radical (unpaired) electrons. The summed E-state index contributed by atoms with van der Waals surface area (Å²) < 4.78 is 122. The fourth-order valence-corrected chi connectivity index (χ4v) is 13.0. The van der Waals surface area contributed by atoms with Crippen LogP contribution in [0.3, 0.4) is 0 Å². The van der Waals surface area contributed by atoms with Gasteiger partial charge in [0, 0.05) is 42.7 Å². The van der Waals surface area contributed by atoms with E-state index < -0.39 is 299 Å². The van der Waals surface area contributed by atoms with Crippen molar-refractivity contribution in [1.29, 1.82) is 0 Å². The first-order valence-corrected chi connectivity index (χ1v) is 30.5. The molecule has 41 nitrogen and oxygen atoms in total. The van der Waals surface area contributed by atoms with Crippen molar-refractivity contribution in [2.75, 3.05) is 95.5 Å². The third kappa shape index (κ3) is 16.4. The number of aliphatic hydroxyl groups is 20. The van der Waals surface area contributed by atoms with E-state index in [9.17, 15) is 102 Å². The molecule has 8 heterocycles. The standard InChI is InChI=1S/C54H94O41/c1-75-41-28(68)47(74)81-17(9-57)35(41)91-50-30(70)43(77-3)37(19(11-59)85-50)93-52-32(72)45(79-5)39(21(13-61)87-52)95-54-33(73)46(80-6)40(22(14-62)88-54)94-53-31(71)44(78-4)38(20(12-60)86-53)92-51-29(69)42(76-2)36(18(10-58)84-51)90-49-27(67)25(65)34(16(8-56)83-49)89-48-26(66)24(64)23(63)15(7-55)82-48/h15-74H,7-14H2,1-6H3/t15-,16-,17-,18-,19-,20-,21-,22-,23-,24+,25-,26+,27+,28+,29-,30+,31+,32+,33+,34-,35-,36-,37-,38-,39-,40-,41-,42-,43-,44-,45-,46-,47?,48-,49-,50-,51-,52-,53-,54-/m1/s1. The summed E-state index contributed by atoms with van der Waals surface area (Å²) in [5.74, 6) is 0. The van der Waals surface area contributed by atoms with Gasteiger partial charge in [0.2, 0.25) is 0 Å². The molecule has 40 atom stereocenters. The summed E-state index contributed by atoms with van der Waals surface area (Å²) in [6, 6.07) is 0. The summed E-state index contributed by atoms with van der Waals surface area (Å²) in [5, 5.41) is 216. The molecule has 0 saturated carbocycles. The van der Waals surface area contributed by atoms with Crippen molar-refractivity contribution in [3.8, 4) is 0 Å². The quantitative estimate of drug-likeness (QED) is 0.0346. The van der Waals surface area contributed by atoms with E-state index >= 15 is 0 Å². The molecule has 0 amide bonds. The third-order valence-electron chi connectivity index (χ3n) is 18.1. The van der Waals surface area contributed by atoms with Crippen LogP contribution in [0.4, 0.5) is 0 Å². The predicted molar refractivity (Wildman–Crippen MR) is 293 cm³/mol. The summed E-state index contributed by atoms with van der Waals surface area (Å²) in [6.45, 7) is -6.98. The molecule has 0 aliphatic carbocycles. The number of hydrogen-bond donors (Lipinski definition) is 20. The van der Waals surface area contributed by atoms with Gasteiger partial charge in [-0.25, -0.2) is 0 Å². The van der Waals surface area contributed by atoms with Crippen LogP contribution in [-0.2, 0) is 99.5 Å². The summed E-state index contributed by atoms with van der Waals surface area (Å²) in [7, 11) is 6.88. The van der Waals surface area contributed by atoms with E-state index in [4.69, 9.17) is 99.5 Å². The van der Waals surface area contributed by atoms with Crippen LogP contribution < -0.4 is 0 Å². The van der Waals surface area contributed by atoms with E-state index in [1.807, 2.05) is 0 Å². The molecule has 8 aliphatic heterocycles. The van der Waals surface area contributed by atoms with Crippen LogP contribution >= 0.6 is 0 Å². The van der Waals surface area contributed by atoms with Crippen LogP contribution in [0.1, 0.15) is 0 Å². The van der Waals surface area contributed by atoms with E-state index in [0.29, 0.717) is 0 Å². The van der Waals surface area contributed by atoms with Gasteiger partial charge in [-0.3, -0.25) is 0 Å². The average Bonchev–Trinajstić information content (AvgIpc) is 0.779. The van der Waals surface area contributed by atoms with Crippen LogP contribution in [0.2, 0.25) is 0 Å². The summed E-state index contributed by atoms with van der Waals surface area (Å²) in [6.07, 6.45) is -67.1. The second-order valence-electron chi connectivity index (χ2n) is 23.6. The molecule has 20 N–H and O–H groups in total. The third-order valence-corrected chi connectivity index (χ3v) is 18.1. The monoisotopic (exact) mass is 1400 g/mol. The van der Waals surface area contributed by atoms with Crippen LogP contribution in [0.25, 0.3) is 0 Å².